The highest BCUT2D eigenvalue weighted by atomic mass is 32.2. The molecule has 0 radical (unpaired) electrons. The molecule has 0 amide bonds. The second-order valence-electron chi connectivity index (χ2n) is 6.74. The van der Waals surface area contributed by atoms with Crippen LogP contribution in [0.15, 0.2) is 34.2 Å². The monoisotopic (exact) mass is 388 g/mol. The summed E-state index contributed by atoms with van der Waals surface area (Å²) in [6.07, 6.45) is 4.46. The van der Waals surface area contributed by atoms with Crippen molar-refractivity contribution < 1.29 is 9.47 Å². The molecule has 144 valence electrons. The van der Waals surface area contributed by atoms with Gasteiger partial charge in [0.25, 0.3) is 5.56 Å². The van der Waals surface area contributed by atoms with Crippen LogP contribution in [0, 0.1) is 0 Å². The first kappa shape index (κ1) is 18.5. The van der Waals surface area contributed by atoms with Crippen LogP contribution >= 0.6 is 11.8 Å². The fourth-order valence-corrected chi connectivity index (χ4v) is 4.51. The van der Waals surface area contributed by atoms with Gasteiger partial charge in [0.05, 0.1) is 17.0 Å². The van der Waals surface area contributed by atoms with E-state index >= 15 is 0 Å². The Labute approximate surface area is 161 Å². The molecule has 1 aliphatic rings. The highest BCUT2D eigenvalue weighted by Gasteiger charge is 2.19. The van der Waals surface area contributed by atoms with Crippen molar-refractivity contribution in [3.63, 3.8) is 0 Å². The van der Waals surface area contributed by atoms with E-state index in [1.807, 2.05) is 28.7 Å². The zero-order chi connectivity index (χ0) is 18.6. The average Bonchev–Trinajstić information content (AvgIpc) is 3.14. The number of fused-ring (bicyclic) bond motifs is 3. The van der Waals surface area contributed by atoms with Gasteiger partial charge in [-0.2, -0.15) is 0 Å². The third-order valence-corrected chi connectivity index (χ3v) is 5.94. The van der Waals surface area contributed by atoms with Crippen molar-refractivity contribution in [1.82, 2.24) is 19.2 Å². The lowest BCUT2D eigenvalue weighted by molar-refractivity contribution is 0.0315. The van der Waals surface area contributed by atoms with Crippen LogP contribution in [0.2, 0.25) is 0 Å². The molecule has 0 saturated carbocycles. The number of hydrogen-bond acceptors (Lipinski definition) is 6. The van der Waals surface area contributed by atoms with E-state index in [1.165, 1.54) is 6.42 Å². The van der Waals surface area contributed by atoms with Crippen LogP contribution in [0.25, 0.3) is 16.7 Å². The molecule has 1 aliphatic heterocycles. The standard InChI is InChI=1S/C19H24N4O3S/c1-25-11-6-10-22-17(24)15-8-2-3-9-16(15)23-18(22)20-21-19(23)27-13-14-7-4-5-12-26-14/h2-3,8-9,14H,4-7,10-13H2,1H3. The largest absolute Gasteiger partial charge is 0.385 e. The highest BCUT2D eigenvalue weighted by Crippen LogP contribution is 2.25. The molecule has 0 spiro atoms. The molecular weight excluding hydrogens is 364 g/mol. The van der Waals surface area contributed by atoms with Gasteiger partial charge in [-0.25, -0.2) is 0 Å². The van der Waals surface area contributed by atoms with E-state index < -0.39 is 0 Å². The third kappa shape index (κ3) is 3.74. The van der Waals surface area contributed by atoms with Crippen molar-refractivity contribution in [2.75, 3.05) is 26.1 Å². The molecule has 3 aromatic rings. The summed E-state index contributed by atoms with van der Waals surface area (Å²) in [5.41, 5.74) is 0.811. The maximum atomic E-state index is 13.0. The van der Waals surface area contributed by atoms with Crippen LogP contribution in [0.4, 0.5) is 0 Å². The Morgan fingerprint density at radius 3 is 3.00 bits per heavy atom. The van der Waals surface area contributed by atoms with Crippen LogP contribution in [0.3, 0.4) is 0 Å². The van der Waals surface area contributed by atoms with Gasteiger partial charge in [0, 0.05) is 32.6 Å². The second kappa shape index (κ2) is 8.41. The summed E-state index contributed by atoms with van der Waals surface area (Å²) in [4.78, 5) is 13.0. The normalized spacial score (nSPS) is 17.7. The van der Waals surface area contributed by atoms with E-state index in [2.05, 4.69) is 10.2 Å². The highest BCUT2D eigenvalue weighted by molar-refractivity contribution is 7.99. The smallest absolute Gasteiger partial charge is 0.262 e. The number of ether oxygens (including phenoxy) is 2. The Bertz CT molecular complexity index is 978. The van der Waals surface area contributed by atoms with Gasteiger partial charge in [0.1, 0.15) is 0 Å². The van der Waals surface area contributed by atoms with Gasteiger partial charge in [0.15, 0.2) is 5.16 Å². The Kier molecular flexibility index (Phi) is 5.75. The molecule has 1 atom stereocenters. The van der Waals surface area contributed by atoms with Crippen molar-refractivity contribution >= 4 is 28.4 Å². The van der Waals surface area contributed by atoms with Crippen molar-refractivity contribution in [2.24, 2.45) is 0 Å². The summed E-state index contributed by atoms with van der Waals surface area (Å²) in [6.45, 7) is 1.99. The molecule has 0 aliphatic carbocycles. The molecule has 1 saturated heterocycles. The molecular formula is C19H24N4O3S. The maximum Gasteiger partial charge on any atom is 0.262 e. The average molecular weight is 388 g/mol. The molecule has 1 fully saturated rings. The molecule has 3 heterocycles. The molecule has 8 heteroatoms. The summed E-state index contributed by atoms with van der Waals surface area (Å²) in [6, 6.07) is 7.65. The van der Waals surface area contributed by atoms with Gasteiger partial charge in [-0.3, -0.25) is 13.8 Å². The first-order valence-corrected chi connectivity index (χ1v) is 10.4. The fourth-order valence-electron chi connectivity index (χ4n) is 3.50. The minimum absolute atomic E-state index is 0.0335. The first-order chi connectivity index (χ1) is 13.3. The lowest BCUT2D eigenvalue weighted by atomic mass is 10.1. The molecule has 1 unspecified atom stereocenters. The van der Waals surface area contributed by atoms with Crippen LogP contribution < -0.4 is 5.56 Å². The molecule has 27 heavy (non-hydrogen) atoms. The topological polar surface area (TPSA) is 70.7 Å². The van der Waals surface area contributed by atoms with Gasteiger partial charge in [-0.15, -0.1) is 10.2 Å². The van der Waals surface area contributed by atoms with Crippen molar-refractivity contribution in [1.29, 1.82) is 0 Å². The number of hydrogen-bond donors (Lipinski definition) is 0. The van der Waals surface area contributed by atoms with Crippen molar-refractivity contribution in [3.05, 3.63) is 34.6 Å². The number of thioether (sulfide) groups is 1. The minimum Gasteiger partial charge on any atom is -0.385 e. The Balaban J connectivity index is 1.73. The SMILES string of the molecule is COCCCn1c(=O)c2ccccc2n2c(SCC3CCCCO3)nnc12. The Morgan fingerprint density at radius 2 is 2.19 bits per heavy atom. The molecule has 0 bridgehead atoms. The van der Waals surface area contributed by atoms with E-state index in [9.17, 15) is 4.79 Å². The summed E-state index contributed by atoms with van der Waals surface area (Å²) in [5.74, 6) is 1.43. The van der Waals surface area contributed by atoms with Gasteiger partial charge in [-0.1, -0.05) is 23.9 Å². The van der Waals surface area contributed by atoms with Crippen LogP contribution in [0.1, 0.15) is 25.7 Å². The van der Waals surface area contributed by atoms with E-state index in [-0.39, 0.29) is 11.7 Å². The van der Waals surface area contributed by atoms with Gasteiger partial charge < -0.3 is 9.47 Å². The number of aromatic nitrogens is 4. The second-order valence-corrected chi connectivity index (χ2v) is 7.73. The zero-order valence-corrected chi connectivity index (χ0v) is 16.3. The molecule has 4 rings (SSSR count). The third-order valence-electron chi connectivity index (χ3n) is 4.88. The molecule has 2 aromatic heterocycles. The number of aryl methyl sites for hydroxylation is 1. The number of benzene rings is 1. The van der Waals surface area contributed by atoms with Gasteiger partial charge in [0.2, 0.25) is 5.78 Å². The van der Waals surface area contributed by atoms with Crippen molar-refractivity contribution in [2.45, 2.75) is 43.5 Å². The van der Waals surface area contributed by atoms with E-state index in [1.54, 1.807) is 23.4 Å². The van der Waals surface area contributed by atoms with Crippen LogP contribution in [0.5, 0.6) is 0 Å². The quantitative estimate of drug-likeness (QED) is 0.458. The summed E-state index contributed by atoms with van der Waals surface area (Å²) in [5, 5.41) is 10.2. The van der Waals surface area contributed by atoms with E-state index in [0.717, 1.165) is 42.3 Å². The number of para-hydroxylation sites is 1. The number of nitrogens with zero attached hydrogens (tertiary/aromatic N) is 4. The lowest BCUT2D eigenvalue weighted by Crippen LogP contribution is -2.24. The Hall–Kier alpha value is -1.90. The Morgan fingerprint density at radius 1 is 1.30 bits per heavy atom. The van der Waals surface area contributed by atoms with Crippen LogP contribution in [-0.2, 0) is 16.0 Å². The van der Waals surface area contributed by atoms with E-state index in [4.69, 9.17) is 9.47 Å². The number of rotatable bonds is 7. The minimum atomic E-state index is -0.0335. The first-order valence-electron chi connectivity index (χ1n) is 9.39. The molecule has 7 nitrogen and oxygen atoms in total. The summed E-state index contributed by atoms with van der Waals surface area (Å²) < 4.78 is 14.7. The lowest BCUT2D eigenvalue weighted by Gasteiger charge is -2.21. The van der Waals surface area contributed by atoms with Gasteiger partial charge >= 0.3 is 0 Å². The fraction of sp³-hybridized carbons (Fsp3) is 0.526. The molecule has 0 N–H and O–H groups in total. The van der Waals surface area contributed by atoms with Crippen molar-refractivity contribution in [3.8, 4) is 0 Å². The summed E-state index contributed by atoms with van der Waals surface area (Å²) in [7, 11) is 1.66. The predicted octanol–water partition coefficient (Wildman–Crippen LogP) is 2.74. The number of methoxy groups -OCH3 is 1. The van der Waals surface area contributed by atoms with Gasteiger partial charge in [-0.05, 0) is 37.8 Å². The van der Waals surface area contributed by atoms with Crippen LogP contribution in [-0.4, -0.2) is 51.3 Å². The summed E-state index contributed by atoms with van der Waals surface area (Å²) >= 11 is 1.65. The van der Waals surface area contributed by atoms with E-state index in [0.29, 0.717) is 24.3 Å². The predicted molar refractivity (Wildman–Crippen MR) is 106 cm³/mol. The molecule has 1 aromatic carbocycles. The maximum absolute atomic E-state index is 13.0. The zero-order valence-electron chi connectivity index (χ0n) is 15.5.